The van der Waals surface area contributed by atoms with Crippen molar-refractivity contribution < 1.29 is 23.9 Å². The number of hydrogen-bond acceptors (Lipinski definition) is 5. The second kappa shape index (κ2) is 22.2. The molecule has 7 nitrogen and oxygen atoms in total. The molecular weight excluding hydrogens is 461 g/mol. The number of carboxylic acids is 1. The smallest absolute Gasteiger partial charge is 0.303 e. The Bertz CT molecular complexity index is 862. The van der Waals surface area contributed by atoms with Gasteiger partial charge in [0.05, 0.1) is 24.3 Å². The van der Waals surface area contributed by atoms with Crippen molar-refractivity contribution in [1.82, 2.24) is 4.90 Å². The lowest BCUT2D eigenvalue weighted by atomic mass is 10.00. The van der Waals surface area contributed by atoms with E-state index in [0.29, 0.717) is 31.4 Å². The minimum Gasteiger partial charge on any atom is -0.481 e. The van der Waals surface area contributed by atoms with Crippen LogP contribution < -0.4 is 0 Å². The number of unbranched alkanes of at least 4 members (excludes halogenated alkanes) is 1. The molecule has 1 aromatic carbocycles. The average Bonchev–Trinajstić information content (AvgIpc) is 2.87. The fraction of sp³-hybridized carbons (Fsp3) is 0.500. The van der Waals surface area contributed by atoms with E-state index in [1.165, 1.54) is 13.2 Å². The molecule has 0 aliphatic carbocycles. The predicted octanol–water partition coefficient (Wildman–Crippen LogP) is 7.34. The Morgan fingerprint density at radius 2 is 1.78 bits per heavy atom. The summed E-state index contributed by atoms with van der Waals surface area (Å²) < 4.78 is 10.5. The normalized spacial score (nSPS) is 13.0. The quantitative estimate of drug-likeness (QED) is 0.0803. The number of carboxylic acid groups (broad SMARTS) is 1. The zero-order valence-electron chi connectivity index (χ0n) is 23.1. The minimum atomic E-state index is -0.821. The Balaban J connectivity index is 0. The van der Waals surface area contributed by atoms with Crippen LogP contribution in [0.2, 0.25) is 0 Å². The van der Waals surface area contributed by atoms with Crippen molar-refractivity contribution in [3.8, 4) is 0 Å². The van der Waals surface area contributed by atoms with Crippen LogP contribution in [0, 0.1) is 6.92 Å². The number of carbonyl (C=O) groups is 2. The van der Waals surface area contributed by atoms with E-state index in [1.807, 2.05) is 71.9 Å². The largest absolute Gasteiger partial charge is 0.481 e. The Labute approximate surface area is 216 Å². The third-order valence-corrected chi connectivity index (χ3v) is 4.89. The molecule has 0 saturated heterocycles. The summed E-state index contributed by atoms with van der Waals surface area (Å²) in [5, 5.41) is 12.7. The molecule has 1 N–H and O–H groups in total. The lowest BCUT2D eigenvalue weighted by Gasteiger charge is -2.25. The number of aliphatic carboxylic acids is 1. The number of amidine groups is 1. The van der Waals surface area contributed by atoms with Crippen LogP contribution in [0.4, 0.5) is 10.1 Å². The minimum absolute atomic E-state index is 0.0441. The molecule has 2 unspecified atom stereocenters. The number of nitrogens with zero attached hydrogens (tertiary/aromatic N) is 3. The Morgan fingerprint density at radius 1 is 1.17 bits per heavy atom. The van der Waals surface area contributed by atoms with Crippen molar-refractivity contribution >= 4 is 30.1 Å². The number of carbonyl (C=O) groups excluding carboxylic acids is 1. The van der Waals surface area contributed by atoms with E-state index in [0.717, 1.165) is 23.2 Å². The highest BCUT2D eigenvalue weighted by Gasteiger charge is 2.17. The van der Waals surface area contributed by atoms with Crippen molar-refractivity contribution in [2.24, 2.45) is 10.1 Å². The van der Waals surface area contributed by atoms with Gasteiger partial charge in [0.25, 0.3) is 0 Å². The SMILES string of the molecule is C/C=C/F.C/C=C\C(C)N(C=O)C(CCCCC(=O)O)=Nc1cc(C(C)/C=N\OC)ccc1C.CC. The molecule has 8 heteroatoms. The van der Waals surface area contributed by atoms with Crippen molar-refractivity contribution in [2.75, 3.05) is 7.11 Å². The topological polar surface area (TPSA) is 91.6 Å². The fourth-order valence-electron chi connectivity index (χ4n) is 2.97. The third kappa shape index (κ3) is 14.9. The number of aliphatic imine (C=N–C) groups is 1. The number of amides is 1. The molecule has 1 aromatic rings. The van der Waals surface area contributed by atoms with Gasteiger partial charge in [-0.1, -0.05) is 56.3 Å². The predicted molar refractivity (Wildman–Crippen MR) is 148 cm³/mol. The summed E-state index contributed by atoms with van der Waals surface area (Å²) in [5.74, 6) is -0.152. The molecule has 1 amide bonds. The zero-order valence-corrected chi connectivity index (χ0v) is 23.1. The van der Waals surface area contributed by atoms with Gasteiger partial charge >= 0.3 is 5.97 Å². The van der Waals surface area contributed by atoms with Crippen LogP contribution in [0.3, 0.4) is 0 Å². The van der Waals surface area contributed by atoms with E-state index in [2.05, 4.69) is 5.16 Å². The van der Waals surface area contributed by atoms with Gasteiger partial charge in [-0.3, -0.25) is 14.5 Å². The monoisotopic (exact) mass is 505 g/mol. The molecule has 36 heavy (non-hydrogen) atoms. The second-order valence-corrected chi connectivity index (χ2v) is 7.64. The molecule has 0 fully saturated rings. The lowest BCUT2D eigenvalue weighted by molar-refractivity contribution is -0.137. The first-order valence-corrected chi connectivity index (χ1v) is 12.3. The summed E-state index contributed by atoms with van der Waals surface area (Å²) in [4.78, 5) is 33.9. The summed E-state index contributed by atoms with van der Waals surface area (Å²) in [7, 11) is 1.50. The van der Waals surface area contributed by atoms with Crippen LogP contribution in [-0.2, 0) is 14.4 Å². The van der Waals surface area contributed by atoms with Crippen molar-refractivity contribution in [3.05, 3.63) is 53.9 Å². The van der Waals surface area contributed by atoms with Crippen molar-refractivity contribution in [1.29, 1.82) is 0 Å². The summed E-state index contributed by atoms with van der Waals surface area (Å²) >= 11 is 0. The molecule has 0 aliphatic heterocycles. The number of benzene rings is 1. The molecule has 0 heterocycles. The van der Waals surface area contributed by atoms with Gasteiger partial charge < -0.3 is 9.94 Å². The summed E-state index contributed by atoms with van der Waals surface area (Å²) in [5.41, 5.74) is 2.80. The molecule has 0 bridgehead atoms. The third-order valence-electron chi connectivity index (χ3n) is 4.89. The standard InChI is InChI=1S/C23H33N3O4.C3H5F.C2H6/c1-6-9-19(4)26(16-27)22(10-7-8-11-23(28)29)25-21-14-20(13-12-17(21)2)18(3)15-24-30-5;1-2-3-4;1-2/h6,9,12-16,18-19H,7-8,10-11H2,1-5H3,(H,28,29);2-3H,1H3;1-2H3/b9-6-,24-15-,25-22?;3-2+;. The number of allylic oxidation sites excluding steroid dienone is 2. The Morgan fingerprint density at radius 3 is 2.28 bits per heavy atom. The van der Waals surface area contributed by atoms with Crippen molar-refractivity contribution in [2.45, 2.75) is 86.1 Å². The van der Waals surface area contributed by atoms with Crippen molar-refractivity contribution in [3.63, 3.8) is 0 Å². The Kier molecular flexibility index (Phi) is 21.5. The van der Waals surface area contributed by atoms with E-state index in [-0.39, 0.29) is 18.4 Å². The van der Waals surface area contributed by atoms with Crippen LogP contribution in [0.5, 0.6) is 0 Å². The van der Waals surface area contributed by atoms with E-state index in [4.69, 9.17) is 14.9 Å². The van der Waals surface area contributed by atoms with Gasteiger partial charge in [-0.15, -0.1) is 0 Å². The molecule has 0 radical (unpaired) electrons. The molecule has 0 aromatic heterocycles. The highest BCUT2D eigenvalue weighted by Crippen LogP contribution is 2.26. The number of oxime groups is 1. The van der Waals surface area contributed by atoms with Crippen LogP contribution in [-0.4, -0.2) is 47.6 Å². The maximum absolute atomic E-state index is 11.9. The van der Waals surface area contributed by atoms with Crippen LogP contribution in [0.1, 0.15) is 84.3 Å². The molecule has 2 atom stereocenters. The van der Waals surface area contributed by atoms with Crippen LogP contribution >= 0.6 is 0 Å². The molecule has 0 spiro atoms. The van der Waals surface area contributed by atoms with E-state index in [9.17, 15) is 14.0 Å². The van der Waals surface area contributed by atoms with Gasteiger partial charge in [-0.2, -0.15) is 0 Å². The van der Waals surface area contributed by atoms with Gasteiger partial charge in [0, 0.05) is 18.8 Å². The number of aryl methyl sites for hydroxylation is 1. The highest BCUT2D eigenvalue weighted by atomic mass is 19.1. The number of halogens is 1. The van der Waals surface area contributed by atoms with E-state index in [1.54, 1.807) is 18.0 Å². The maximum Gasteiger partial charge on any atom is 0.303 e. The van der Waals surface area contributed by atoms with Gasteiger partial charge in [-0.05, 0) is 57.7 Å². The summed E-state index contributed by atoms with van der Waals surface area (Å²) in [6.07, 6.45) is 9.93. The maximum atomic E-state index is 11.9. The number of hydrogen-bond donors (Lipinski definition) is 1. The first-order valence-electron chi connectivity index (χ1n) is 12.3. The molecule has 0 aliphatic rings. The molecule has 202 valence electrons. The highest BCUT2D eigenvalue weighted by molar-refractivity contribution is 5.93. The molecular formula is C28H44FN3O4. The Hall–Kier alpha value is -3.29. The lowest BCUT2D eigenvalue weighted by Crippen LogP contribution is -2.36. The molecule has 0 saturated carbocycles. The second-order valence-electron chi connectivity index (χ2n) is 7.64. The zero-order chi connectivity index (χ0) is 27.9. The van der Waals surface area contributed by atoms with Gasteiger partial charge in [0.15, 0.2) is 0 Å². The summed E-state index contributed by atoms with van der Waals surface area (Å²) in [6, 6.07) is 5.85. The fourth-order valence-corrected chi connectivity index (χ4v) is 2.97. The average molecular weight is 506 g/mol. The van der Waals surface area contributed by atoms with Gasteiger partial charge in [0.2, 0.25) is 6.41 Å². The number of rotatable bonds is 12. The molecule has 1 rings (SSSR count). The van der Waals surface area contributed by atoms with Crippen LogP contribution in [0.15, 0.2) is 52.9 Å². The summed E-state index contributed by atoms with van der Waals surface area (Å²) in [6.45, 7) is 13.4. The van der Waals surface area contributed by atoms with E-state index >= 15 is 0 Å². The first-order chi connectivity index (χ1) is 17.2. The van der Waals surface area contributed by atoms with Gasteiger partial charge in [-0.25, -0.2) is 9.38 Å². The van der Waals surface area contributed by atoms with E-state index < -0.39 is 5.97 Å². The van der Waals surface area contributed by atoms with Crippen LogP contribution in [0.25, 0.3) is 0 Å². The first kappa shape index (κ1) is 34.9. The van der Waals surface area contributed by atoms with Gasteiger partial charge in [0.1, 0.15) is 12.9 Å².